The summed E-state index contributed by atoms with van der Waals surface area (Å²) in [6.45, 7) is 30.8. The second kappa shape index (κ2) is 99.8. The number of hydrogen-bond donors (Lipinski definition) is 7. The van der Waals surface area contributed by atoms with Gasteiger partial charge in [-0.25, -0.2) is 0 Å². The first kappa shape index (κ1) is 128. The van der Waals surface area contributed by atoms with Gasteiger partial charge in [-0.15, -0.1) is 24.7 Å². The fourth-order valence-corrected chi connectivity index (χ4v) is 10.5. The van der Waals surface area contributed by atoms with Crippen molar-refractivity contribution in [3.63, 3.8) is 0 Å². The Kier molecular flexibility index (Phi) is 112. The van der Waals surface area contributed by atoms with E-state index in [2.05, 4.69) is 247 Å². The van der Waals surface area contributed by atoms with Crippen LogP contribution in [0.2, 0.25) is 0 Å². The molecule has 9 nitrogen and oxygen atoms in total. The molecule has 0 bridgehead atoms. The minimum absolute atomic E-state index is 0. The van der Waals surface area contributed by atoms with Crippen molar-refractivity contribution in [2.45, 2.75) is 420 Å². The molecule has 6 unspecified atom stereocenters. The van der Waals surface area contributed by atoms with Crippen molar-refractivity contribution >= 4 is 51.2 Å². The van der Waals surface area contributed by atoms with Crippen molar-refractivity contribution in [3.8, 4) is 24.7 Å². The van der Waals surface area contributed by atoms with Crippen LogP contribution in [0.15, 0.2) is 190 Å². The zero-order chi connectivity index (χ0) is 85.7. The maximum atomic E-state index is 10.3. The zero-order valence-corrected chi connectivity index (χ0v) is 80.3. The fraction of sp³-hybridized carbons (Fsp3) is 0.637. The van der Waals surface area contributed by atoms with Crippen LogP contribution in [-0.4, -0.2) is 80.8 Å². The minimum atomic E-state index is -0.728. The molecular formula is C102H175I2LiO9. The molecule has 6 atom stereocenters. The monoisotopic (exact) mass is 1810 g/mol. The summed E-state index contributed by atoms with van der Waals surface area (Å²) in [5.74, 6) is 4.31. The molecule has 0 aromatic heterocycles. The van der Waals surface area contributed by atoms with E-state index in [9.17, 15) is 35.4 Å². The molecule has 652 valence electrons. The van der Waals surface area contributed by atoms with Crippen molar-refractivity contribution in [3.05, 3.63) is 190 Å². The normalized spacial score (nSPS) is 15.1. The van der Waals surface area contributed by atoms with Crippen LogP contribution in [0.3, 0.4) is 0 Å². The van der Waals surface area contributed by atoms with E-state index >= 15 is 0 Å². The second-order valence-corrected chi connectivity index (χ2v) is 32.3. The van der Waals surface area contributed by atoms with Crippen LogP contribution in [0, 0.1) is 24.7 Å². The summed E-state index contributed by atoms with van der Waals surface area (Å²) in [6, 6.07) is 0. The summed E-state index contributed by atoms with van der Waals surface area (Å²) in [6.07, 6.45) is 117. The molecule has 0 spiro atoms. The van der Waals surface area contributed by atoms with E-state index in [1.807, 2.05) is 97.5 Å². The van der Waals surface area contributed by atoms with Crippen molar-refractivity contribution in [2.24, 2.45) is 0 Å². The third kappa shape index (κ3) is 126. The Bertz CT molecular complexity index is 2520. The number of carboxylic acid groups (broad SMARTS) is 1. The number of aliphatic hydroxyl groups is 6. The molecule has 0 amide bonds. The number of allylic oxidation sites excluding steroid dienone is 25. The Morgan fingerprint density at radius 2 is 0.509 bits per heavy atom. The Morgan fingerprint density at radius 1 is 0.298 bits per heavy atom. The van der Waals surface area contributed by atoms with E-state index in [4.69, 9.17) is 18.0 Å². The number of halogens is 2. The number of terminal acetylenes is 2. The van der Waals surface area contributed by atoms with Gasteiger partial charge in [0.1, 0.15) is 0 Å². The predicted molar refractivity (Wildman–Crippen MR) is 519 cm³/mol. The number of aliphatic carboxylic acids is 1. The second-order valence-electron chi connectivity index (χ2n) is 30.8. The molecule has 0 aliphatic carbocycles. The molecule has 12 heteroatoms. The molecule has 0 aliphatic heterocycles. The first-order chi connectivity index (χ1) is 53.5. The topological polar surface area (TPSA) is 189 Å². The van der Waals surface area contributed by atoms with E-state index in [1.54, 1.807) is 6.92 Å². The van der Waals surface area contributed by atoms with Gasteiger partial charge in [-0.05, 0) is 197 Å². The van der Waals surface area contributed by atoms with Gasteiger partial charge in [-0.2, -0.15) is 0 Å². The zero-order valence-electron chi connectivity index (χ0n) is 76.0. The molecule has 0 radical (unpaired) electrons. The van der Waals surface area contributed by atoms with Gasteiger partial charge in [0, 0.05) is 19.3 Å². The molecule has 0 aromatic rings. The summed E-state index contributed by atoms with van der Waals surface area (Å²) in [5.41, 5.74) is -3.30. The quantitative estimate of drug-likeness (QED) is 0.00776. The maximum Gasteiger partial charge on any atom is 1.00 e. The number of hydrogen-bond acceptors (Lipinski definition) is 8. The fourth-order valence-electron chi connectivity index (χ4n) is 10.0. The summed E-state index contributed by atoms with van der Waals surface area (Å²) in [4.78, 5) is 10.3. The van der Waals surface area contributed by atoms with Gasteiger partial charge in [0.2, 0.25) is 0 Å². The standard InChI is InChI=1S/C21H34O3.2C21H36O.C12H18.2C9H17IO.C9H16O.Li.H2O/c1-3-4-18-21(2,24)19-16-14-12-10-8-6-5-7-9-11-13-15-17-20(22)23;2*1-4-6-8-9-10-11-12-13-14-15-16-17-18-20-21(3,22)19-7-5-2;1-3-5-7-9-11-12-10-8-6-4-2;2*1-3-4-6-9(2,11)7-5-8-10;1-4-6-8-9(3,10)7-5-2;;/h5-6,9-12,14,16,24H,3-4,7-8,13,15,17-19H2,1-2H3,(H,22,23);2*9-10,12-13,15-18,22H,4-8,11,14,19-20H2,1-3H3;1,7,9-10,12H,4-6,8,11H2,2H3;2*5,8,11H,3-4,6-7H2,1-2H3;2,10H,4,6-8H2,1,3H3;;1H2/q;;;;;;;+1;/p-1/b6-5-,11-9-,12-10-,16-14+;2*10-9-,13-12-,16-15-,18-17+;9-7-,12-10-;2*8-5+;;;. The van der Waals surface area contributed by atoms with Gasteiger partial charge >= 0.3 is 24.8 Å². The average Bonchev–Trinajstić information content (AvgIpc) is 1.02. The maximum absolute atomic E-state index is 10.3. The third-order valence-electron chi connectivity index (χ3n) is 17.4. The Labute approximate surface area is 745 Å². The van der Waals surface area contributed by atoms with Crippen LogP contribution < -0.4 is 18.9 Å². The third-order valence-corrected chi connectivity index (χ3v) is 18.4. The molecule has 0 fully saturated rings. The first-order valence-electron chi connectivity index (χ1n) is 43.6. The molecule has 114 heavy (non-hydrogen) atoms. The van der Waals surface area contributed by atoms with Gasteiger partial charge in [0.15, 0.2) is 0 Å². The van der Waals surface area contributed by atoms with Gasteiger partial charge in [-0.1, -0.05) is 405 Å². The van der Waals surface area contributed by atoms with Gasteiger partial charge in [-0.3, -0.25) is 4.79 Å². The van der Waals surface area contributed by atoms with Gasteiger partial charge in [0.25, 0.3) is 0 Å². The Hall–Kier alpha value is -3.79. The minimum Gasteiger partial charge on any atom is -0.870 e. The predicted octanol–water partition coefficient (Wildman–Crippen LogP) is 27.6. The summed E-state index contributed by atoms with van der Waals surface area (Å²) in [5, 5.41) is 67.8. The van der Waals surface area contributed by atoms with E-state index in [1.165, 1.54) is 57.8 Å². The van der Waals surface area contributed by atoms with Crippen LogP contribution in [0.25, 0.3) is 0 Å². The SMILES string of the molecule is C#CC/C=C\C/C=C\CCCC.C#CCC(C)(O)CCCC.CCCC/C=C\C/C=C\C/C=C\C=C\CC(C)(O)CCCC.CCCC/C=C\C/C=C\C/C=C\C=C\CC(C)(O)CCCC.CCCCC(C)(O)C/C=C/C=C\C/C=C\C/C=C\CCCC(=O)O.CCCCC(C)(O)C/C=C/I.CCCCC(C)(O)C/C=C/I.[Li+].[OH-]. The smallest absolute Gasteiger partial charge is 0.870 e. The van der Waals surface area contributed by atoms with E-state index in [0.717, 1.165) is 199 Å². The average molecular weight is 1810 g/mol. The van der Waals surface area contributed by atoms with Gasteiger partial charge in [0.05, 0.1) is 33.6 Å². The van der Waals surface area contributed by atoms with E-state index < -0.39 is 39.6 Å². The van der Waals surface area contributed by atoms with E-state index in [-0.39, 0.29) is 30.8 Å². The number of unbranched alkanes of at least 4 members (excludes halogenated alkanes) is 13. The molecule has 0 rings (SSSR count). The number of carboxylic acids is 1. The summed E-state index contributed by atoms with van der Waals surface area (Å²) >= 11 is 4.35. The summed E-state index contributed by atoms with van der Waals surface area (Å²) < 4.78 is 3.91. The van der Waals surface area contributed by atoms with Crippen LogP contribution in [0.5, 0.6) is 0 Å². The molecule has 0 heterocycles. The van der Waals surface area contributed by atoms with E-state index in [0.29, 0.717) is 19.3 Å². The van der Waals surface area contributed by atoms with Crippen molar-refractivity contribution in [1.82, 2.24) is 0 Å². The molecule has 0 aromatic carbocycles. The Balaban J connectivity index is -0.000000165. The van der Waals surface area contributed by atoms with Crippen molar-refractivity contribution in [2.75, 3.05) is 0 Å². The largest absolute Gasteiger partial charge is 1.00 e. The van der Waals surface area contributed by atoms with Gasteiger partial charge < -0.3 is 41.2 Å². The molecule has 0 saturated heterocycles. The van der Waals surface area contributed by atoms with Crippen molar-refractivity contribution in [1.29, 1.82) is 0 Å². The van der Waals surface area contributed by atoms with Crippen LogP contribution in [0.1, 0.15) is 386 Å². The number of carbonyl (C=O) groups is 1. The summed E-state index contributed by atoms with van der Waals surface area (Å²) in [7, 11) is 0. The Morgan fingerprint density at radius 3 is 0.737 bits per heavy atom. The first-order valence-corrected chi connectivity index (χ1v) is 46.1. The van der Waals surface area contributed by atoms with Crippen molar-refractivity contribution < 1.29 is 64.9 Å². The number of rotatable bonds is 60. The van der Waals surface area contributed by atoms with Crippen LogP contribution in [-0.2, 0) is 4.79 Å². The molecular weight excluding hydrogens is 1630 g/mol. The van der Waals surface area contributed by atoms with Crippen LogP contribution in [0.4, 0.5) is 0 Å². The molecule has 8 N–H and O–H groups in total. The molecule has 0 saturated carbocycles. The molecule has 0 aliphatic rings. The van der Waals surface area contributed by atoms with Crippen LogP contribution >= 0.6 is 45.2 Å².